The minimum atomic E-state index is -2.63. The summed E-state index contributed by atoms with van der Waals surface area (Å²) in [5, 5.41) is 0. The van der Waals surface area contributed by atoms with Crippen molar-refractivity contribution in [3.05, 3.63) is 9.78 Å². The second kappa shape index (κ2) is 6.28. The molecule has 0 aromatic rings. The molecular weight excluding hydrogens is 426 g/mol. The second-order valence-corrected chi connectivity index (χ2v) is 6.94. The Morgan fingerprint density at radius 2 is 2.32 bits per heavy atom. The van der Waals surface area contributed by atoms with Crippen molar-refractivity contribution in [3.63, 3.8) is 0 Å². The van der Waals surface area contributed by atoms with E-state index in [0.717, 1.165) is 3.58 Å². The zero-order valence-electron chi connectivity index (χ0n) is 11.3. The number of halogens is 1. The summed E-state index contributed by atoms with van der Waals surface area (Å²) >= 11 is 2.08. The lowest BCUT2D eigenvalue weighted by molar-refractivity contribution is -0.118. The number of hydrogen-bond donors (Lipinski definition) is 2. The molecular formula is C11H13IN4O5P+. The first-order valence-corrected chi connectivity index (χ1v) is 8.73. The molecule has 1 amide bonds. The molecule has 0 saturated carbocycles. The molecule has 3 aliphatic rings. The molecule has 11 heteroatoms. The molecule has 3 aliphatic heterocycles. The van der Waals surface area contributed by atoms with Crippen LogP contribution in [0.5, 0.6) is 0 Å². The number of fused-ring (bicyclic) bond motifs is 1. The SMILES string of the molecule is NC1=NC(=O)C2C(I)=CN([C@H]3CC[C@@H](CO[P+](=O)O)O3)C2=N1. The van der Waals surface area contributed by atoms with E-state index < -0.39 is 14.2 Å². The highest BCUT2D eigenvalue weighted by atomic mass is 127. The quantitative estimate of drug-likeness (QED) is 0.486. The lowest BCUT2D eigenvalue weighted by Gasteiger charge is -2.27. The average molecular weight is 439 g/mol. The van der Waals surface area contributed by atoms with Crippen LogP contribution in [0.4, 0.5) is 0 Å². The van der Waals surface area contributed by atoms with Crippen LogP contribution >= 0.6 is 30.8 Å². The number of carbonyl (C=O) groups excluding carboxylic acids is 1. The van der Waals surface area contributed by atoms with Crippen molar-refractivity contribution in [2.45, 2.75) is 25.2 Å². The fourth-order valence-electron chi connectivity index (χ4n) is 2.61. The van der Waals surface area contributed by atoms with E-state index in [9.17, 15) is 9.36 Å². The van der Waals surface area contributed by atoms with Gasteiger partial charge in [-0.2, -0.15) is 9.98 Å². The first kappa shape index (κ1) is 15.9. The number of rotatable bonds is 4. The van der Waals surface area contributed by atoms with Crippen LogP contribution in [0.1, 0.15) is 12.8 Å². The maximum absolute atomic E-state index is 12.0. The zero-order valence-corrected chi connectivity index (χ0v) is 14.3. The van der Waals surface area contributed by atoms with E-state index in [1.807, 2.05) is 0 Å². The third-order valence-corrected chi connectivity index (χ3v) is 4.80. The number of carbonyl (C=O) groups is 1. The number of amides is 1. The summed E-state index contributed by atoms with van der Waals surface area (Å²) in [6.45, 7) is 0.0509. The van der Waals surface area contributed by atoms with Gasteiger partial charge in [0.25, 0.3) is 5.91 Å². The Morgan fingerprint density at radius 3 is 3.05 bits per heavy atom. The van der Waals surface area contributed by atoms with E-state index in [2.05, 4.69) is 37.1 Å². The predicted molar refractivity (Wildman–Crippen MR) is 85.2 cm³/mol. The molecule has 3 rings (SSSR count). The maximum Gasteiger partial charge on any atom is 0.694 e. The highest BCUT2D eigenvalue weighted by Gasteiger charge is 2.43. The Kier molecular flexibility index (Phi) is 4.55. The van der Waals surface area contributed by atoms with Gasteiger partial charge in [0, 0.05) is 14.3 Å². The average Bonchev–Trinajstić information content (AvgIpc) is 3.01. The fraction of sp³-hybridized carbons (Fsp3) is 0.545. The first-order valence-electron chi connectivity index (χ1n) is 6.52. The summed E-state index contributed by atoms with van der Waals surface area (Å²) in [5.41, 5.74) is 5.56. The molecule has 0 aliphatic carbocycles. The molecule has 1 saturated heterocycles. The summed E-state index contributed by atoms with van der Waals surface area (Å²) in [5.74, 6) is -0.392. The van der Waals surface area contributed by atoms with Gasteiger partial charge in [-0.3, -0.25) is 4.79 Å². The first-order chi connectivity index (χ1) is 10.5. The molecule has 4 atom stereocenters. The van der Waals surface area contributed by atoms with Gasteiger partial charge in [-0.05, 0) is 35.4 Å². The second-order valence-electron chi connectivity index (χ2n) is 4.96. The van der Waals surface area contributed by atoms with Crippen molar-refractivity contribution >= 4 is 48.5 Å². The Morgan fingerprint density at radius 1 is 1.55 bits per heavy atom. The van der Waals surface area contributed by atoms with Gasteiger partial charge in [0.2, 0.25) is 5.96 Å². The number of aliphatic imine (C=N–C) groups is 2. The fourth-order valence-corrected chi connectivity index (χ4v) is 3.75. The summed E-state index contributed by atoms with van der Waals surface area (Å²) in [4.78, 5) is 30.2. The van der Waals surface area contributed by atoms with Crippen molar-refractivity contribution in [2.75, 3.05) is 6.61 Å². The highest BCUT2D eigenvalue weighted by Crippen LogP contribution is 2.36. The Labute approximate surface area is 140 Å². The Balaban J connectivity index is 1.72. The topological polar surface area (TPSA) is 127 Å². The minimum Gasteiger partial charge on any atom is -0.368 e. The van der Waals surface area contributed by atoms with E-state index in [-0.39, 0.29) is 30.8 Å². The van der Waals surface area contributed by atoms with E-state index in [4.69, 9.17) is 15.4 Å². The molecule has 9 nitrogen and oxygen atoms in total. The molecule has 2 unspecified atom stereocenters. The zero-order chi connectivity index (χ0) is 15.9. The number of guanidine groups is 1. The van der Waals surface area contributed by atoms with Crippen LogP contribution in [0.25, 0.3) is 0 Å². The van der Waals surface area contributed by atoms with Gasteiger partial charge < -0.3 is 15.4 Å². The Hall–Kier alpha value is -0.940. The van der Waals surface area contributed by atoms with Gasteiger partial charge in [-0.1, -0.05) is 0 Å². The van der Waals surface area contributed by atoms with Crippen LogP contribution in [-0.4, -0.2) is 46.4 Å². The maximum atomic E-state index is 12.0. The third-order valence-electron chi connectivity index (χ3n) is 3.53. The molecule has 1 fully saturated rings. The molecule has 0 radical (unpaired) electrons. The van der Waals surface area contributed by atoms with Crippen LogP contribution in [0.3, 0.4) is 0 Å². The van der Waals surface area contributed by atoms with Crippen LogP contribution in [0, 0.1) is 5.92 Å². The highest BCUT2D eigenvalue weighted by molar-refractivity contribution is 14.1. The number of nitrogens with two attached hydrogens (primary N) is 1. The number of ether oxygens (including phenoxy) is 1. The Bertz CT molecular complexity index is 622. The lowest BCUT2D eigenvalue weighted by Crippen LogP contribution is -2.41. The van der Waals surface area contributed by atoms with E-state index in [1.165, 1.54) is 0 Å². The smallest absolute Gasteiger partial charge is 0.368 e. The van der Waals surface area contributed by atoms with Crippen molar-refractivity contribution in [2.24, 2.45) is 21.6 Å². The van der Waals surface area contributed by atoms with Crippen molar-refractivity contribution in [1.82, 2.24) is 4.90 Å². The monoisotopic (exact) mass is 439 g/mol. The molecule has 118 valence electrons. The number of hydrogen-bond acceptors (Lipinski definition) is 7. The molecule has 0 aromatic carbocycles. The van der Waals surface area contributed by atoms with Crippen LogP contribution in [0.2, 0.25) is 0 Å². The molecule has 0 spiro atoms. The predicted octanol–water partition coefficient (Wildman–Crippen LogP) is 0.619. The normalized spacial score (nSPS) is 31.6. The summed E-state index contributed by atoms with van der Waals surface area (Å²) in [6.07, 6.45) is 2.60. The summed E-state index contributed by atoms with van der Waals surface area (Å²) in [7, 11) is -2.63. The van der Waals surface area contributed by atoms with E-state index >= 15 is 0 Å². The van der Waals surface area contributed by atoms with Gasteiger partial charge in [-0.25, -0.2) is 0 Å². The third kappa shape index (κ3) is 3.06. The van der Waals surface area contributed by atoms with Crippen LogP contribution < -0.4 is 5.73 Å². The van der Waals surface area contributed by atoms with E-state index in [0.29, 0.717) is 18.7 Å². The standard InChI is InChI=1S/C11H12IN4O5P/c12-6-3-16(9-8(6)10(17)15-11(13)14-9)7-2-1-5(21-7)4-20-22(18)19/h3,5,7-8H,1-2,4H2,(H2-,13,15,17,18,19)/p+1/t5-,7+,8?/m0/s1. The van der Waals surface area contributed by atoms with Gasteiger partial charge in [0.05, 0.1) is 6.10 Å². The van der Waals surface area contributed by atoms with Crippen LogP contribution in [0.15, 0.2) is 19.8 Å². The largest absolute Gasteiger partial charge is 0.694 e. The molecule has 0 aromatic heterocycles. The summed E-state index contributed by atoms with van der Waals surface area (Å²) in [6, 6.07) is 0. The molecule has 3 N–H and O–H groups in total. The number of nitrogens with zero attached hydrogens (tertiary/aromatic N) is 3. The molecule has 22 heavy (non-hydrogen) atoms. The van der Waals surface area contributed by atoms with Crippen molar-refractivity contribution in [3.8, 4) is 0 Å². The van der Waals surface area contributed by atoms with Gasteiger partial charge in [0.15, 0.2) is 0 Å². The van der Waals surface area contributed by atoms with Crippen LogP contribution in [-0.2, 0) is 18.6 Å². The van der Waals surface area contributed by atoms with Gasteiger partial charge in [0.1, 0.15) is 24.6 Å². The lowest BCUT2D eigenvalue weighted by atomic mass is 10.1. The van der Waals surface area contributed by atoms with Gasteiger partial charge in [-0.15, -0.1) is 9.42 Å². The number of amidine groups is 1. The van der Waals surface area contributed by atoms with Crippen molar-refractivity contribution < 1.29 is 23.5 Å². The molecule has 0 bridgehead atoms. The van der Waals surface area contributed by atoms with Crippen molar-refractivity contribution in [1.29, 1.82) is 0 Å². The van der Waals surface area contributed by atoms with Gasteiger partial charge >= 0.3 is 8.25 Å². The van der Waals surface area contributed by atoms with E-state index in [1.54, 1.807) is 11.1 Å². The molecule has 3 heterocycles. The summed E-state index contributed by atoms with van der Waals surface area (Å²) < 4.78 is 21.9. The minimum absolute atomic E-state index is 0.0509.